The molecule has 0 aliphatic heterocycles. The Morgan fingerprint density at radius 2 is 0.900 bits per heavy atom. The molecule has 0 aromatic heterocycles. The molecule has 4 heteroatoms. The summed E-state index contributed by atoms with van der Waals surface area (Å²) in [6, 6.07) is 9.32. The second kappa shape index (κ2) is 10.9. The predicted octanol–water partition coefficient (Wildman–Crippen LogP) is 12.2. The molecule has 0 radical (unpaired) electrons. The molecule has 0 N–H and O–H groups in total. The van der Waals surface area contributed by atoms with Crippen molar-refractivity contribution in [1.82, 2.24) is 0 Å². The number of hydrogen-bond acceptors (Lipinski definition) is 0. The molecule has 0 amide bonds. The summed E-state index contributed by atoms with van der Waals surface area (Å²) in [6.45, 7) is 14.0. The third-order valence-electron chi connectivity index (χ3n) is 11.4. The molecule has 0 heterocycles. The first-order chi connectivity index (χ1) is 19.0. The number of benzene rings is 2. The normalized spacial score (nSPS) is 24.0. The zero-order valence-electron chi connectivity index (χ0n) is 25.6. The minimum atomic E-state index is -4.89. The van der Waals surface area contributed by atoms with Crippen LogP contribution in [0.1, 0.15) is 130 Å². The van der Waals surface area contributed by atoms with Gasteiger partial charge in [-0.05, 0) is 0 Å². The number of halogens is 2. The van der Waals surface area contributed by atoms with Crippen LogP contribution < -0.4 is 0 Å². The number of aryl methyl sites for hydroxylation is 4. The van der Waals surface area contributed by atoms with Gasteiger partial charge in [0.05, 0.1) is 0 Å². The van der Waals surface area contributed by atoms with Crippen LogP contribution >= 0.6 is 17.0 Å². The van der Waals surface area contributed by atoms with E-state index >= 15 is 0 Å². The van der Waals surface area contributed by atoms with Crippen molar-refractivity contribution in [2.24, 2.45) is 0 Å². The molecular formula is C36H48Cl2SiZr. The fraction of sp³-hybridized carbons (Fsp3) is 0.556. The Labute approximate surface area is 251 Å². The van der Waals surface area contributed by atoms with Crippen molar-refractivity contribution in [3.05, 3.63) is 79.9 Å². The van der Waals surface area contributed by atoms with Crippen LogP contribution in [0.2, 0.25) is 11.1 Å². The van der Waals surface area contributed by atoms with E-state index in [1.54, 1.807) is 0 Å². The van der Waals surface area contributed by atoms with E-state index in [1.165, 1.54) is 120 Å². The van der Waals surface area contributed by atoms with Crippen molar-refractivity contribution >= 4 is 34.6 Å². The molecule has 4 aliphatic rings. The maximum absolute atomic E-state index is 9.07. The van der Waals surface area contributed by atoms with Gasteiger partial charge >= 0.3 is 254 Å². The van der Waals surface area contributed by atoms with Gasteiger partial charge in [0.1, 0.15) is 0 Å². The third-order valence-corrected chi connectivity index (χ3v) is 54.7. The van der Waals surface area contributed by atoms with Gasteiger partial charge in [-0.2, -0.15) is 0 Å². The second-order valence-electron chi connectivity index (χ2n) is 14.0. The SMILES string of the molecule is CC1=Cc2c(C)ccc(C)c2[CH]1[Zr]([Cl])([Cl])([CH]1C(C)=Cc2c(C)ccc(C)c21)=[Si](C1CCCCC1)C1CCCCC1. The van der Waals surface area contributed by atoms with Gasteiger partial charge in [0.25, 0.3) is 0 Å². The van der Waals surface area contributed by atoms with Gasteiger partial charge in [-0.3, -0.25) is 0 Å². The Morgan fingerprint density at radius 3 is 1.27 bits per heavy atom. The topological polar surface area (TPSA) is 0 Å². The maximum atomic E-state index is 9.07. The third kappa shape index (κ3) is 4.52. The van der Waals surface area contributed by atoms with E-state index in [4.69, 9.17) is 17.0 Å². The minimum absolute atomic E-state index is 0.219. The Hall–Kier alpha value is -0.400. The standard InChI is InChI=1S/C12H22Si.2C12H13.2ClH.Zr/c1-3-7-11(8-4-1)13-12-9-5-2-6-10-12;2*1-8-6-11-9(2)4-5-10(3)12(11)7-8;;;/h11-12H,1-10H2;2*4-7H,1-3H3;2*1H;/q;;;;;+2/p-2. The zero-order valence-corrected chi connectivity index (χ0v) is 30.6. The molecule has 0 spiro atoms. The Bertz CT molecular complexity index is 1390. The summed E-state index contributed by atoms with van der Waals surface area (Å²) in [6.07, 6.45) is 18.7. The Balaban J connectivity index is 1.78. The summed E-state index contributed by atoms with van der Waals surface area (Å²) in [4.78, 5) is 0. The Morgan fingerprint density at radius 1 is 0.550 bits per heavy atom. The molecule has 214 valence electrons. The average molecular weight is 671 g/mol. The average Bonchev–Trinajstić information content (AvgIpc) is 3.50. The van der Waals surface area contributed by atoms with Crippen molar-refractivity contribution in [2.45, 2.75) is 124 Å². The van der Waals surface area contributed by atoms with Gasteiger partial charge < -0.3 is 0 Å². The zero-order chi connectivity index (χ0) is 28.4. The number of fused-ring (bicyclic) bond motifs is 2. The van der Waals surface area contributed by atoms with Gasteiger partial charge in [0, 0.05) is 0 Å². The molecule has 0 nitrogen and oxygen atoms in total. The molecule has 2 saturated carbocycles. The van der Waals surface area contributed by atoms with Gasteiger partial charge in [0.2, 0.25) is 0 Å². The van der Waals surface area contributed by atoms with Crippen LogP contribution in [0.5, 0.6) is 0 Å². The summed E-state index contributed by atoms with van der Waals surface area (Å²) in [5.41, 5.74) is 14.8. The van der Waals surface area contributed by atoms with Crippen LogP contribution in [0.3, 0.4) is 0 Å². The molecule has 6 rings (SSSR count). The van der Waals surface area contributed by atoms with Crippen molar-refractivity contribution in [2.75, 3.05) is 0 Å². The summed E-state index contributed by atoms with van der Waals surface area (Å²) < 4.78 is 0.438. The molecule has 2 fully saturated rings. The van der Waals surface area contributed by atoms with E-state index in [0.717, 1.165) is 11.1 Å². The fourth-order valence-corrected chi connectivity index (χ4v) is 67.2. The number of allylic oxidation sites excluding steroid dienone is 2. The van der Waals surface area contributed by atoms with E-state index in [9.17, 15) is 0 Å². The van der Waals surface area contributed by atoms with E-state index < -0.39 is 20.4 Å². The van der Waals surface area contributed by atoms with E-state index in [-0.39, 0.29) is 7.25 Å². The fourth-order valence-electron chi connectivity index (χ4n) is 9.74. The summed E-state index contributed by atoms with van der Waals surface area (Å²) in [5, 5.41) is 0. The quantitative estimate of drug-likeness (QED) is 0.284. The van der Waals surface area contributed by atoms with Gasteiger partial charge in [-0.25, -0.2) is 0 Å². The van der Waals surface area contributed by atoms with Crippen LogP contribution in [-0.2, 0) is 15.0 Å². The molecule has 2 aromatic rings. The number of hydrogen-bond donors (Lipinski definition) is 0. The molecular weight excluding hydrogens is 623 g/mol. The first-order valence-corrected chi connectivity index (χ1v) is 30.6. The van der Waals surface area contributed by atoms with Crippen LogP contribution in [0, 0.1) is 27.7 Å². The van der Waals surface area contributed by atoms with E-state index in [0.29, 0.717) is 0 Å². The molecule has 0 saturated heterocycles. The van der Waals surface area contributed by atoms with Crippen molar-refractivity contribution in [1.29, 1.82) is 0 Å². The molecule has 2 aromatic carbocycles. The number of rotatable bonds is 4. The summed E-state index contributed by atoms with van der Waals surface area (Å²) in [7, 11) is 18.1. The van der Waals surface area contributed by atoms with Crippen LogP contribution in [0.15, 0.2) is 35.4 Å². The van der Waals surface area contributed by atoms with Crippen LogP contribution in [0.4, 0.5) is 0 Å². The molecule has 2 unspecified atom stereocenters. The molecule has 40 heavy (non-hydrogen) atoms. The Kier molecular flexibility index (Phi) is 8.12. The van der Waals surface area contributed by atoms with Crippen LogP contribution in [-0.4, -0.2) is 5.43 Å². The molecule has 0 bridgehead atoms. The summed E-state index contributed by atoms with van der Waals surface area (Å²) >= 11 is -4.89. The first kappa shape index (κ1) is 29.7. The van der Waals surface area contributed by atoms with E-state index in [1.807, 2.05) is 0 Å². The molecule has 2 atom stereocenters. The van der Waals surface area contributed by atoms with E-state index in [2.05, 4.69) is 78.0 Å². The molecule has 4 aliphatic carbocycles. The van der Waals surface area contributed by atoms with Crippen LogP contribution in [0.25, 0.3) is 12.2 Å². The van der Waals surface area contributed by atoms with Crippen molar-refractivity contribution < 1.29 is 15.0 Å². The van der Waals surface area contributed by atoms with Gasteiger partial charge in [0.15, 0.2) is 0 Å². The first-order valence-electron chi connectivity index (χ1n) is 16.0. The van der Waals surface area contributed by atoms with Crippen molar-refractivity contribution in [3.8, 4) is 0 Å². The summed E-state index contributed by atoms with van der Waals surface area (Å²) in [5.74, 6) is 0. The van der Waals surface area contributed by atoms with Gasteiger partial charge in [-0.1, -0.05) is 0 Å². The predicted molar refractivity (Wildman–Crippen MR) is 176 cm³/mol. The monoisotopic (exact) mass is 668 g/mol. The second-order valence-corrected chi connectivity index (χ2v) is 50.2. The van der Waals surface area contributed by atoms with Gasteiger partial charge in [-0.15, -0.1) is 0 Å². The van der Waals surface area contributed by atoms with Crippen molar-refractivity contribution in [3.63, 3.8) is 0 Å².